The van der Waals surface area contributed by atoms with Gasteiger partial charge >= 0.3 is 210 Å². The summed E-state index contributed by atoms with van der Waals surface area (Å²) in [6.45, 7) is 1.00. The van der Waals surface area contributed by atoms with Crippen LogP contribution in [0.5, 0.6) is 0 Å². The first-order valence-corrected chi connectivity index (χ1v) is 15.6. The van der Waals surface area contributed by atoms with Crippen molar-refractivity contribution in [1.82, 2.24) is 0 Å². The molecule has 5 rings (SSSR count). The van der Waals surface area contributed by atoms with E-state index in [0.717, 1.165) is 22.0 Å². The van der Waals surface area contributed by atoms with E-state index in [1.807, 2.05) is 47.2 Å². The van der Waals surface area contributed by atoms with Crippen LogP contribution in [0.3, 0.4) is 0 Å². The van der Waals surface area contributed by atoms with Gasteiger partial charge in [0.2, 0.25) is 0 Å². The molecule has 2 unspecified atom stereocenters. The van der Waals surface area contributed by atoms with Gasteiger partial charge in [0.1, 0.15) is 0 Å². The van der Waals surface area contributed by atoms with E-state index in [4.69, 9.17) is 9.47 Å². The van der Waals surface area contributed by atoms with Crippen LogP contribution in [0.25, 0.3) is 0 Å². The first kappa shape index (κ1) is 22.5. The summed E-state index contributed by atoms with van der Waals surface area (Å²) in [5.41, 5.74) is 1.46. The molecule has 0 bridgehead atoms. The number of nitrogens with zero attached hydrogens (tertiary/aromatic N) is 2. The van der Waals surface area contributed by atoms with Crippen molar-refractivity contribution in [2.75, 3.05) is 22.9 Å². The summed E-state index contributed by atoms with van der Waals surface area (Å²) >= 11 is 1.96. The molecule has 170 valence electrons. The number of hydrogen-bond acceptors (Lipinski definition) is 5. The summed E-state index contributed by atoms with van der Waals surface area (Å²) in [6, 6.07) is 20.6. The molecule has 2 amide bonds. The van der Waals surface area contributed by atoms with Gasteiger partial charge in [-0.3, -0.25) is 0 Å². The molecule has 2 saturated heterocycles. The Labute approximate surface area is 209 Å². The zero-order valence-electron chi connectivity index (χ0n) is 17.7. The molecule has 2 aromatic carbocycles. The van der Waals surface area contributed by atoms with Crippen molar-refractivity contribution in [2.45, 2.75) is 22.8 Å². The van der Waals surface area contributed by atoms with Gasteiger partial charge in [0.25, 0.3) is 0 Å². The first-order valence-electron chi connectivity index (χ1n) is 10.6. The Morgan fingerprint density at radius 3 is 1.58 bits per heavy atom. The molecule has 2 aliphatic heterocycles. The third kappa shape index (κ3) is 5.29. The van der Waals surface area contributed by atoms with Crippen LogP contribution >= 0.6 is 11.3 Å². The van der Waals surface area contributed by atoms with E-state index in [1.165, 1.54) is 20.3 Å². The molecule has 0 spiro atoms. The number of cyclic esters (lactones) is 2. The van der Waals surface area contributed by atoms with Crippen molar-refractivity contribution in [3.8, 4) is 0 Å². The third-order valence-electron chi connectivity index (χ3n) is 5.31. The van der Waals surface area contributed by atoms with Gasteiger partial charge in [-0.1, -0.05) is 0 Å². The number of carbonyl (C=O) groups excluding carboxylic acids is 2. The molecule has 0 radical (unpaired) electrons. The fourth-order valence-corrected chi connectivity index (χ4v) is 8.31. The fourth-order valence-electron chi connectivity index (χ4n) is 3.71. The predicted molar refractivity (Wildman–Crippen MR) is 133 cm³/mol. The molecule has 2 aliphatic rings. The molecular weight excluding hydrogens is 570 g/mol. The summed E-state index contributed by atoms with van der Waals surface area (Å²) < 4.78 is 13.9. The van der Waals surface area contributed by atoms with Crippen molar-refractivity contribution in [1.29, 1.82) is 0 Å². The molecule has 2 atom stereocenters. The van der Waals surface area contributed by atoms with Gasteiger partial charge in [0, 0.05) is 0 Å². The van der Waals surface area contributed by atoms with E-state index in [2.05, 4.69) is 24.3 Å². The van der Waals surface area contributed by atoms with Crippen LogP contribution in [-0.4, -0.2) is 67.4 Å². The Bertz CT molecular complexity index is 1030. The molecule has 2 fully saturated rings. The van der Waals surface area contributed by atoms with Crippen LogP contribution in [0.15, 0.2) is 71.4 Å². The predicted octanol–water partition coefficient (Wildman–Crippen LogP) is 3.29. The van der Waals surface area contributed by atoms with Crippen LogP contribution in [-0.2, 0) is 9.47 Å². The van der Waals surface area contributed by atoms with Crippen LogP contribution in [0.1, 0.15) is 0 Å². The van der Waals surface area contributed by atoms with Gasteiger partial charge in [-0.15, -0.1) is 0 Å². The Balaban J connectivity index is 1.21. The van der Waals surface area contributed by atoms with Gasteiger partial charge in [-0.05, 0) is 0 Å². The Morgan fingerprint density at radius 1 is 0.727 bits per heavy atom. The number of carbonyl (C=O) groups is 2. The van der Waals surface area contributed by atoms with Gasteiger partial charge in [-0.25, -0.2) is 0 Å². The van der Waals surface area contributed by atoms with E-state index in [0.29, 0.717) is 13.1 Å². The third-order valence-corrected chi connectivity index (χ3v) is 10.8. The van der Waals surface area contributed by atoms with E-state index < -0.39 is 0 Å². The number of rotatable bonds is 8. The summed E-state index contributed by atoms with van der Waals surface area (Å²) in [5.74, 6) is 0. The zero-order chi connectivity index (χ0) is 22.6. The summed E-state index contributed by atoms with van der Waals surface area (Å²) in [6.07, 6.45) is -0.977. The number of ether oxygens (including phenoxy) is 2. The SMILES string of the molecule is O=C1OC(C[Se]c2ccccc2)CN1c1cscc1N1CC(C[Se]c2ccccc2)OC1=O. The van der Waals surface area contributed by atoms with Gasteiger partial charge in [0.05, 0.1) is 0 Å². The van der Waals surface area contributed by atoms with E-state index in [1.54, 1.807) is 9.80 Å². The topological polar surface area (TPSA) is 59.1 Å². The van der Waals surface area contributed by atoms with E-state index >= 15 is 0 Å². The van der Waals surface area contributed by atoms with E-state index in [9.17, 15) is 9.59 Å². The Kier molecular flexibility index (Phi) is 7.04. The molecular formula is C24H22N2O4SSe2. The number of thiophene rings is 1. The fraction of sp³-hybridized carbons (Fsp3) is 0.250. The summed E-state index contributed by atoms with van der Waals surface area (Å²) in [4.78, 5) is 28.6. The van der Waals surface area contributed by atoms with Gasteiger partial charge in [-0.2, -0.15) is 0 Å². The number of benzene rings is 2. The molecule has 6 nitrogen and oxygen atoms in total. The van der Waals surface area contributed by atoms with Crippen molar-refractivity contribution >= 4 is 73.7 Å². The molecule has 0 aliphatic carbocycles. The van der Waals surface area contributed by atoms with Crippen molar-refractivity contribution in [3.63, 3.8) is 0 Å². The quantitative estimate of drug-likeness (QED) is 0.377. The second-order valence-electron chi connectivity index (χ2n) is 7.62. The standard InChI is InChI=1S/C24H22N2O4SSe2/c27-23-25(11-17(29-23)15-32-19-7-3-1-4-8-19)21-13-31-14-22(21)26-12-18(30-24(26)28)16-33-20-9-5-2-6-10-20/h1-10,13-14,17-18H,11-12,15-16H2. The molecule has 33 heavy (non-hydrogen) atoms. The van der Waals surface area contributed by atoms with Gasteiger partial charge in [0.15, 0.2) is 0 Å². The molecule has 0 N–H and O–H groups in total. The van der Waals surface area contributed by atoms with Crippen molar-refractivity contribution in [3.05, 3.63) is 71.4 Å². The first-order chi connectivity index (χ1) is 16.2. The molecule has 1 aromatic heterocycles. The average Bonchev–Trinajstić information content (AvgIpc) is 3.55. The average molecular weight is 592 g/mol. The monoisotopic (exact) mass is 594 g/mol. The van der Waals surface area contributed by atoms with Crippen LogP contribution in [0.4, 0.5) is 21.0 Å². The summed E-state index contributed by atoms with van der Waals surface area (Å²) in [7, 11) is 0. The molecule has 9 heteroatoms. The minimum atomic E-state index is -0.347. The van der Waals surface area contributed by atoms with Crippen LogP contribution in [0.2, 0.25) is 10.6 Å². The second kappa shape index (κ2) is 10.3. The second-order valence-corrected chi connectivity index (χ2v) is 13.0. The zero-order valence-corrected chi connectivity index (χ0v) is 21.9. The van der Waals surface area contributed by atoms with Crippen LogP contribution in [0, 0.1) is 0 Å². The molecule has 3 heterocycles. The number of anilines is 2. The summed E-state index contributed by atoms with van der Waals surface area (Å²) in [5, 5.41) is 5.48. The normalized spacial score (nSPS) is 20.2. The van der Waals surface area contributed by atoms with Crippen LogP contribution < -0.4 is 18.7 Å². The number of amides is 2. The van der Waals surface area contributed by atoms with Crippen molar-refractivity contribution in [2.24, 2.45) is 0 Å². The molecule has 0 saturated carbocycles. The minimum absolute atomic E-state index is 0.141. The number of hydrogen-bond donors (Lipinski definition) is 0. The Morgan fingerprint density at radius 2 is 1.15 bits per heavy atom. The van der Waals surface area contributed by atoms with E-state index in [-0.39, 0.29) is 54.3 Å². The Hall–Kier alpha value is -2.28. The molecule has 3 aromatic rings. The maximum absolute atomic E-state index is 12.6. The van der Waals surface area contributed by atoms with Crippen molar-refractivity contribution < 1.29 is 19.1 Å². The maximum atomic E-state index is 12.6. The van der Waals surface area contributed by atoms with Gasteiger partial charge < -0.3 is 0 Å².